The van der Waals surface area contributed by atoms with Crippen molar-refractivity contribution in [3.8, 4) is 0 Å². The van der Waals surface area contributed by atoms with E-state index in [1.54, 1.807) is 6.07 Å². The summed E-state index contributed by atoms with van der Waals surface area (Å²) in [6.07, 6.45) is 0. The molecule has 0 saturated carbocycles. The predicted octanol–water partition coefficient (Wildman–Crippen LogP) is 3.21. The second kappa shape index (κ2) is 9.46. The van der Waals surface area contributed by atoms with Crippen molar-refractivity contribution in [1.29, 1.82) is 0 Å². The number of para-hydroxylation sites is 1. The van der Waals surface area contributed by atoms with Crippen molar-refractivity contribution in [3.05, 3.63) is 59.1 Å². The van der Waals surface area contributed by atoms with E-state index in [2.05, 4.69) is 10.6 Å². The molecule has 7 heteroatoms. The highest BCUT2D eigenvalue weighted by atomic mass is 35.5. The molecule has 2 rings (SSSR count). The van der Waals surface area contributed by atoms with Crippen LogP contribution in [0.25, 0.3) is 0 Å². The first-order valence-corrected chi connectivity index (χ1v) is 9.11. The Morgan fingerprint density at radius 2 is 1.96 bits per heavy atom. The molecular weight excluding hydrogens is 358 g/mol. The molecule has 0 aliphatic rings. The van der Waals surface area contributed by atoms with Crippen LogP contribution in [0.5, 0.6) is 0 Å². The number of amides is 2. The molecular formula is C18H20ClN3O2S. The van der Waals surface area contributed by atoms with Crippen LogP contribution in [0.15, 0.2) is 53.4 Å². The SMILES string of the molecule is C[C@@H](NCC(=O)Nc1ccccc1SCC(N)=O)c1cccc(Cl)c1. The van der Waals surface area contributed by atoms with E-state index in [1.165, 1.54) is 11.8 Å². The van der Waals surface area contributed by atoms with Crippen LogP contribution in [0.4, 0.5) is 5.69 Å². The van der Waals surface area contributed by atoms with E-state index >= 15 is 0 Å². The van der Waals surface area contributed by atoms with Gasteiger partial charge < -0.3 is 16.4 Å². The fraction of sp³-hybridized carbons (Fsp3) is 0.222. The van der Waals surface area contributed by atoms with Gasteiger partial charge in [0.2, 0.25) is 11.8 Å². The zero-order chi connectivity index (χ0) is 18.2. The lowest BCUT2D eigenvalue weighted by Gasteiger charge is -2.15. The molecule has 0 fully saturated rings. The zero-order valence-electron chi connectivity index (χ0n) is 13.8. The number of rotatable bonds is 8. The second-order valence-electron chi connectivity index (χ2n) is 5.46. The summed E-state index contributed by atoms with van der Waals surface area (Å²) in [7, 11) is 0. The standard InChI is InChI=1S/C18H20ClN3O2S/c1-12(13-5-4-6-14(19)9-13)21-10-18(24)22-15-7-2-3-8-16(15)25-11-17(20)23/h2-9,12,21H,10-11H2,1H3,(H2,20,23)(H,22,24)/t12-/m1/s1. The van der Waals surface area contributed by atoms with Crippen LogP contribution in [0, 0.1) is 0 Å². The van der Waals surface area contributed by atoms with Crippen molar-refractivity contribution in [2.45, 2.75) is 17.9 Å². The number of benzene rings is 2. The van der Waals surface area contributed by atoms with Gasteiger partial charge in [-0.1, -0.05) is 35.9 Å². The minimum Gasteiger partial charge on any atom is -0.369 e. The van der Waals surface area contributed by atoms with E-state index in [-0.39, 0.29) is 24.2 Å². The van der Waals surface area contributed by atoms with Crippen molar-refractivity contribution in [2.75, 3.05) is 17.6 Å². The highest BCUT2D eigenvalue weighted by Crippen LogP contribution is 2.26. The Bertz CT molecular complexity index is 755. The minimum atomic E-state index is -0.400. The summed E-state index contributed by atoms with van der Waals surface area (Å²) < 4.78 is 0. The number of carbonyl (C=O) groups excluding carboxylic acids is 2. The number of carbonyl (C=O) groups is 2. The van der Waals surface area contributed by atoms with Crippen LogP contribution in [-0.4, -0.2) is 24.1 Å². The quantitative estimate of drug-likeness (QED) is 0.617. The summed E-state index contributed by atoms with van der Waals surface area (Å²) in [6.45, 7) is 2.12. The van der Waals surface area contributed by atoms with Gasteiger partial charge in [-0.05, 0) is 36.8 Å². The Morgan fingerprint density at radius 3 is 2.68 bits per heavy atom. The predicted molar refractivity (Wildman–Crippen MR) is 103 cm³/mol. The van der Waals surface area contributed by atoms with E-state index in [4.69, 9.17) is 17.3 Å². The number of halogens is 1. The number of anilines is 1. The van der Waals surface area contributed by atoms with E-state index in [0.717, 1.165) is 10.5 Å². The molecule has 0 saturated heterocycles. The highest BCUT2D eigenvalue weighted by Gasteiger charge is 2.11. The minimum absolute atomic E-state index is 0.0102. The first-order valence-electron chi connectivity index (χ1n) is 7.74. The average molecular weight is 378 g/mol. The molecule has 0 unspecified atom stereocenters. The summed E-state index contributed by atoms with van der Waals surface area (Å²) in [4.78, 5) is 23.9. The zero-order valence-corrected chi connectivity index (χ0v) is 15.4. The van der Waals surface area contributed by atoms with Gasteiger partial charge in [0.1, 0.15) is 0 Å². The Labute approximate surface area is 156 Å². The van der Waals surface area contributed by atoms with Gasteiger partial charge in [0.25, 0.3) is 0 Å². The maximum atomic E-state index is 12.2. The van der Waals surface area contributed by atoms with E-state index in [1.807, 2.05) is 49.4 Å². The van der Waals surface area contributed by atoms with Gasteiger partial charge >= 0.3 is 0 Å². The average Bonchev–Trinajstić information content (AvgIpc) is 2.59. The van der Waals surface area contributed by atoms with Crippen LogP contribution in [0.3, 0.4) is 0 Å². The third-order valence-corrected chi connectivity index (χ3v) is 4.78. The Kier molecular flexibility index (Phi) is 7.31. The molecule has 2 aromatic carbocycles. The van der Waals surface area contributed by atoms with Crippen molar-refractivity contribution in [2.24, 2.45) is 5.73 Å². The van der Waals surface area contributed by atoms with Crippen LogP contribution >= 0.6 is 23.4 Å². The van der Waals surface area contributed by atoms with Crippen molar-refractivity contribution in [1.82, 2.24) is 5.32 Å². The molecule has 2 amide bonds. The number of primary amides is 1. The molecule has 0 heterocycles. The molecule has 132 valence electrons. The maximum Gasteiger partial charge on any atom is 0.238 e. The van der Waals surface area contributed by atoms with Crippen molar-refractivity contribution in [3.63, 3.8) is 0 Å². The first-order chi connectivity index (χ1) is 12.0. The summed E-state index contributed by atoms with van der Waals surface area (Å²) in [5.74, 6) is -0.402. The third-order valence-electron chi connectivity index (χ3n) is 3.45. The molecule has 4 N–H and O–H groups in total. The van der Waals surface area contributed by atoms with Crippen LogP contribution in [-0.2, 0) is 9.59 Å². The summed E-state index contributed by atoms with van der Waals surface area (Å²) in [6, 6.07) is 14.8. The van der Waals surface area contributed by atoms with E-state index in [0.29, 0.717) is 10.7 Å². The maximum absolute atomic E-state index is 12.2. The molecule has 2 aromatic rings. The molecule has 0 radical (unpaired) electrons. The summed E-state index contributed by atoms with van der Waals surface area (Å²) >= 11 is 7.28. The largest absolute Gasteiger partial charge is 0.369 e. The van der Waals surface area contributed by atoms with Crippen LogP contribution in [0.1, 0.15) is 18.5 Å². The molecule has 0 spiro atoms. The van der Waals surface area contributed by atoms with Gasteiger partial charge in [0.15, 0.2) is 0 Å². The molecule has 0 aliphatic carbocycles. The van der Waals surface area contributed by atoms with Crippen LogP contribution < -0.4 is 16.4 Å². The first kappa shape index (κ1) is 19.3. The van der Waals surface area contributed by atoms with Gasteiger partial charge in [-0.2, -0.15) is 0 Å². The van der Waals surface area contributed by atoms with E-state index < -0.39 is 5.91 Å². The van der Waals surface area contributed by atoms with Crippen LogP contribution in [0.2, 0.25) is 5.02 Å². The van der Waals surface area contributed by atoms with Crippen molar-refractivity contribution >= 4 is 40.9 Å². The molecule has 0 bridgehead atoms. The molecule has 0 aromatic heterocycles. The Morgan fingerprint density at radius 1 is 1.20 bits per heavy atom. The lowest BCUT2D eigenvalue weighted by molar-refractivity contribution is -0.116. The molecule has 1 atom stereocenters. The number of hydrogen-bond donors (Lipinski definition) is 3. The van der Waals surface area contributed by atoms with Gasteiger partial charge in [0.05, 0.1) is 18.0 Å². The number of nitrogens with one attached hydrogen (secondary N) is 2. The molecule has 5 nitrogen and oxygen atoms in total. The van der Waals surface area contributed by atoms with E-state index in [9.17, 15) is 9.59 Å². The van der Waals surface area contributed by atoms with Gasteiger partial charge in [-0.25, -0.2) is 0 Å². The monoisotopic (exact) mass is 377 g/mol. The Balaban J connectivity index is 1.91. The second-order valence-corrected chi connectivity index (χ2v) is 6.91. The Hall–Kier alpha value is -2.02. The fourth-order valence-electron chi connectivity index (χ4n) is 2.18. The third kappa shape index (κ3) is 6.42. The van der Waals surface area contributed by atoms with Crippen molar-refractivity contribution < 1.29 is 9.59 Å². The number of thioether (sulfide) groups is 1. The van der Waals surface area contributed by atoms with Gasteiger partial charge in [-0.3, -0.25) is 9.59 Å². The summed E-state index contributed by atoms with van der Waals surface area (Å²) in [5, 5.41) is 6.68. The van der Waals surface area contributed by atoms with Gasteiger partial charge in [-0.15, -0.1) is 11.8 Å². The number of nitrogens with two attached hydrogens (primary N) is 1. The normalized spacial score (nSPS) is 11.8. The fourth-order valence-corrected chi connectivity index (χ4v) is 3.12. The molecule has 25 heavy (non-hydrogen) atoms. The highest BCUT2D eigenvalue weighted by molar-refractivity contribution is 8.00. The smallest absolute Gasteiger partial charge is 0.238 e. The molecule has 0 aliphatic heterocycles. The van der Waals surface area contributed by atoms with Gasteiger partial charge in [0, 0.05) is 16.0 Å². The number of hydrogen-bond acceptors (Lipinski definition) is 4. The lowest BCUT2D eigenvalue weighted by atomic mass is 10.1. The summed E-state index contributed by atoms with van der Waals surface area (Å²) in [5.41, 5.74) is 6.85. The lowest BCUT2D eigenvalue weighted by Crippen LogP contribution is -2.30. The topological polar surface area (TPSA) is 84.2 Å².